The molecule has 0 aliphatic heterocycles. The van der Waals surface area contributed by atoms with Gasteiger partial charge >= 0.3 is 0 Å². The molecular formula is C18H16Cl2F2N2O2. The number of pyridine rings is 1. The van der Waals surface area contributed by atoms with Crippen molar-refractivity contribution in [3.05, 3.63) is 51.8 Å². The van der Waals surface area contributed by atoms with Crippen molar-refractivity contribution < 1.29 is 18.3 Å². The van der Waals surface area contributed by atoms with Crippen LogP contribution in [0.1, 0.15) is 28.8 Å². The Balaban J connectivity index is 1.80. The van der Waals surface area contributed by atoms with E-state index in [1.165, 1.54) is 24.5 Å². The summed E-state index contributed by atoms with van der Waals surface area (Å²) in [7, 11) is 0. The maximum absolute atomic E-state index is 12.9. The van der Waals surface area contributed by atoms with Gasteiger partial charge in [-0.1, -0.05) is 23.2 Å². The number of hydrogen-bond acceptors (Lipinski definition) is 3. The lowest BCUT2D eigenvalue weighted by molar-refractivity contribution is 0.102. The fourth-order valence-electron chi connectivity index (χ4n) is 2.40. The molecule has 0 radical (unpaired) electrons. The number of carbonyl (C=O) groups is 1. The standard InChI is InChI=1S/C18H16Cl2F2N2O2/c19-13-7-23-8-14(20)17(13)24-18(25)11-3-4-15(26-9-10-1-2-10)12(5-11)6-16(21)22/h3-5,7-8,10,16H,1-2,6,9H2,(H,23,24,25). The lowest BCUT2D eigenvalue weighted by Crippen LogP contribution is -2.14. The van der Waals surface area contributed by atoms with E-state index in [9.17, 15) is 13.6 Å². The average molecular weight is 401 g/mol. The van der Waals surface area contributed by atoms with Gasteiger partial charge in [-0.05, 0) is 37.0 Å². The van der Waals surface area contributed by atoms with E-state index >= 15 is 0 Å². The first-order chi connectivity index (χ1) is 12.4. The first-order valence-electron chi connectivity index (χ1n) is 8.08. The van der Waals surface area contributed by atoms with Crippen LogP contribution >= 0.6 is 23.2 Å². The fraction of sp³-hybridized carbons (Fsp3) is 0.333. The van der Waals surface area contributed by atoms with Crippen LogP contribution < -0.4 is 10.1 Å². The van der Waals surface area contributed by atoms with E-state index in [-0.39, 0.29) is 21.3 Å². The topological polar surface area (TPSA) is 51.2 Å². The number of rotatable bonds is 7. The van der Waals surface area contributed by atoms with Gasteiger partial charge in [-0.2, -0.15) is 0 Å². The molecule has 1 N–H and O–H groups in total. The van der Waals surface area contributed by atoms with Gasteiger partial charge in [0.2, 0.25) is 6.43 Å². The summed E-state index contributed by atoms with van der Waals surface area (Å²) in [4.78, 5) is 16.3. The number of nitrogens with one attached hydrogen (secondary N) is 1. The average Bonchev–Trinajstić information content (AvgIpc) is 3.41. The van der Waals surface area contributed by atoms with Crippen molar-refractivity contribution in [2.75, 3.05) is 11.9 Å². The van der Waals surface area contributed by atoms with Gasteiger partial charge in [0, 0.05) is 29.9 Å². The lowest BCUT2D eigenvalue weighted by atomic mass is 10.1. The third-order valence-corrected chi connectivity index (χ3v) is 4.53. The summed E-state index contributed by atoms with van der Waals surface area (Å²) < 4.78 is 31.4. The van der Waals surface area contributed by atoms with Crippen molar-refractivity contribution >= 4 is 34.8 Å². The minimum atomic E-state index is -2.54. The first kappa shape index (κ1) is 18.9. The van der Waals surface area contributed by atoms with Gasteiger partial charge in [0.1, 0.15) is 5.75 Å². The quantitative estimate of drug-likeness (QED) is 0.691. The Morgan fingerprint density at radius 1 is 1.27 bits per heavy atom. The summed E-state index contributed by atoms with van der Waals surface area (Å²) in [5, 5.41) is 2.95. The van der Waals surface area contributed by atoms with Crippen LogP contribution in [0.4, 0.5) is 14.5 Å². The zero-order chi connectivity index (χ0) is 18.7. The third-order valence-electron chi connectivity index (χ3n) is 3.96. The number of halogens is 4. The van der Waals surface area contributed by atoms with Gasteiger partial charge in [-0.15, -0.1) is 0 Å². The maximum Gasteiger partial charge on any atom is 0.255 e. The molecule has 1 fully saturated rings. The van der Waals surface area contributed by atoms with Crippen LogP contribution in [-0.4, -0.2) is 23.9 Å². The number of amides is 1. The SMILES string of the molecule is O=C(Nc1c(Cl)cncc1Cl)c1ccc(OCC2CC2)c(CC(F)F)c1. The van der Waals surface area contributed by atoms with Crippen molar-refractivity contribution in [2.24, 2.45) is 5.92 Å². The van der Waals surface area contributed by atoms with E-state index in [4.69, 9.17) is 27.9 Å². The molecule has 0 bridgehead atoms. The van der Waals surface area contributed by atoms with Crippen LogP contribution in [0.2, 0.25) is 10.0 Å². The third kappa shape index (κ3) is 4.83. The zero-order valence-corrected chi connectivity index (χ0v) is 15.2. The molecular weight excluding hydrogens is 385 g/mol. The van der Waals surface area contributed by atoms with E-state index in [0.717, 1.165) is 12.8 Å². The highest BCUT2D eigenvalue weighted by atomic mass is 35.5. The number of ether oxygens (including phenoxy) is 1. The molecule has 0 atom stereocenters. The van der Waals surface area contributed by atoms with E-state index in [0.29, 0.717) is 23.8 Å². The van der Waals surface area contributed by atoms with Crippen LogP contribution in [0.5, 0.6) is 5.75 Å². The molecule has 1 aromatic carbocycles. The fourth-order valence-corrected chi connectivity index (χ4v) is 2.85. The van der Waals surface area contributed by atoms with E-state index in [1.54, 1.807) is 6.07 Å². The number of anilines is 1. The smallest absolute Gasteiger partial charge is 0.255 e. The molecule has 1 saturated carbocycles. The monoisotopic (exact) mass is 400 g/mol. The summed E-state index contributed by atoms with van der Waals surface area (Å²) >= 11 is 12.0. The van der Waals surface area contributed by atoms with Gasteiger partial charge in [0.15, 0.2) is 0 Å². The summed E-state index contributed by atoms with van der Waals surface area (Å²) in [5.41, 5.74) is 0.724. The number of hydrogen-bond donors (Lipinski definition) is 1. The van der Waals surface area contributed by atoms with Crippen LogP contribution in [0.3, 0.4) is 0 Å². The van der Waals surface area contributed by atoms with Gasteiger partial charge in [-0.25, -0.2) is 8.78 Å². The molecule has 2 aromatic rings. The van der Waals surface area contributed by atoms with E-state index in [1.807, 2.05) is 0 Å². The van der Waals surface area contributed by atoms with Crippen molar-refractivity contribution in [1.82, 2.24) is 4.98 Å². The summed E-state index contributed by atoms with van der Waals surface area (Å²) in [5.74, 6) is 0.367. The Labute approximate surface area is 159 Å². The van der Waals surface area contributed by atoms with Gasteiger partial charge in [0.25, 0.3) is 5.91 Å². The molecule has 1 aliphatic carbocycles. The number of carbonyl (C=O) groups excluding carboxylic acids is 1. The molecule has 8 heteroatoms. The molecule has 1 heterocycles. The number of benzene rings is 1. The Morgan fingerprint density at radius 2 is 1.96 bits per heavy atom. The highest BCUT2D eigenvalue weighted by Gasteiger charge is 2.23. The molecule has 3 rings (SSSR count). The molecule has 0 unspecified atom stereocenters. The second-order valence-corrected chi connectivity index (χ2v) is 6.92. The molecule has 138 valence electrons. The van der Waals surface area contributed by atoms with Crippen molar-refractivity contribution in [2.45, 2.75) is 25.7 Å². The van der Waals surface area contributed by atoms with Crippen molar-refractivity contribution in [3.8, 4) is 5.75 Å². The van der Waals surface area contributed by atoms with Crippen LogP contribution in [-0.2, 0) is 6.42 Å². The van der Waals surface area contributed by atoms with Crippen LogP contribution in [0, 0.1) is 5.92 Å². The minimum absolute atomic E-state index is 0.183. The van der Waals surface area contributed by atoms with Crippen molar-refractivity contribution in [3.63, 3.8) is 0 Å². The summed E-state index contributed by atoms with van der Waals surface area (Å²) in [6.07, 6.45) is 1.86. The minimum Gasteiger partial charge on any atom is -0.493 e. The van der Waals surface area contributed by atoms with Crippen LogP contribution in [0.25, 0.3) is 0 Å². The Morgan fingerprint density at radius 3 is 2.58 bits per heavy atom. The molecule has 1 amide bonds. The predicted molar refractivity (Wildman–Crippen MR) is 96.6 cm³/mol. The maximum atomic E-state index is 12.9. The molecule has 0 spiro atoms. The Bertz CT molecular complexity index is 794. The lowest BCUT2D eigenvalue weighted by Gasteiger charge is -2.14. The number of aromatic nitrogens is 1. The largest absolute Gasteiger partial charge is 0.493 e. The zero-order valence-electron chi connectivity index (χ0n) is 13.6. The van der Waals surface area contributed by atoms with Crippen molar-refractivity contribution in [1.29, 1.82) is 0 Å². The van der Waals surface area contributed by atoms with Gasteiger partial charge in [0.05, 0.1) is 22.3 Å². The van der Waals surface area contributed by atoms with E-state index in [2.05, 4.69) is 10.3 Å². The second-order valence-electron chi connectivity index (χ2n) is 6.10. The highest BCUT2D eigenvalue weighted by molar-refractivity contribution is 6.39. The number of nitrogens with zero attached hydrogens (tertiary/aromatic N) is 1. The normalized spacial score (nSPS) is 13.7. The number of alkyl halides is 2. The van der Waals surface area contributed by atoms with Gasteiger partial charge in [-0.3, -0.25) is 9.78 Å². The predicted octanol–water partition coefficient (Wildman–Crippen LogP) is 5.24. The Kier molecular flexibility index (Phi) is 5.94. The molecule has 0 saturated heterocycles. The van der Waals surface area contributed by atoms with Crippen LogP contribution in [0.15, 0.2) is 30.6 Å². The van der Waals surface area contributed by atoms with Gasteiger partial charge < -0.3 is 10.1 Å². The Hall–Kier alpha value is -1.92. The van der Waals surface area contributed by atoms with E-state index < -0.39 is 18.8 Å². The molecule has 1 aromatic heterocycles. The highest BCUT2D eigenvalue weighted by Crippen LogP contribution is 2.32. The molecule has 26 heavy (non-hydrogen) atoms. The molecule has 1 aliphatic rings. The first-order valence-corrected chi connectivity index (χ1v) is 8.84. The summed E-state index contributed by atoms with van der Waals surface area (Å²) in [6, 6.07) is 4.48. The molecule has 4 nitrogen and oxygen atoms in total. The second kappa shape index (κ2) is 8.18. The summed E-state index contributed by atoms with van der Waals surface area (Å²) in [6.45, 7) is 0.504.